The van der Waals surface area contributed by atoms with E-state index >= 15 is 0 Å². The Kier molecular flexibility index (Phi) is 5.81. The largest absolute Gasteiger partial charge is 0.456 e. The topological polar surface area (TPSA) is 22.4 Å². The van der Waals surface area contributed by atoms with Gasteiger partial charge in [-0.05, 0) is 148 Å². The molecule has 6 aliphatic carbocycles. The van der Waals surface area contributed by atoms with Crippen LogP contribution < -0.4 is 4.74 Å². The van der Waals surface area contributed by atoms with Gasteiger partial charge in [0, 0.05) is 38.5 Å². The van der Waals surface area contributed by atoms with Crippen LogP contribution in [0.3, 0.4) is 0 Å². The van der Waals surface area contributed by atoms with Crippen LogP contribution in [-0.2, 0) is 5.41 Å². The van der Waals surface area contributed by atoms with E-state index in [0.717, 1.165) is 58.2 Å². The van der Waals surface area contributed by atoms with Gasteiger partial charge in [0.05, 0.1) is 0 Å². The average molecular weight is 721 g/mol. The maximum atomic E-state index is 6.82. The Hall–Kier alpha value is -5.86. The molecule has 1 aliphatic heterocycles. The van der Waals surface area contributed by atoms with Crippen LogP contribution in [0.15, 0.2) is 150 Å². The maximum Gasteiger partial charge on any atom is 0.143 e. The lowest BCUT2D eigenvalue weighted by atomic mass is 9.43. The lowest BCUT2D eigenvalue weighted by Crippen LogP contribution is -2.55. The van der Waals surface area contributed by atoms with Crippen LogP contribution in [0.5, 0.6) is 5.75 Å². The van der Waals surface area contributed by atoms with Crippen LogP contribution in [0.2, 0.25) is 0 Å². The van der Waals surface area contributed by atoms with Crippen molar-refractivity contribution in [1.29, 1.82) is 0 Å². The molecule has 4 fully saturated rings. The molecule has 7 aromatic carbocycles. The van der Waals surface area contributed by atoms with Crippen molar-refractivity contribution in [2.75, 3.05) is 0 Å². The van der Waals surface area contributed by atoms with Gasteiger partial charge in [0.2, 0.25) is 0 Å². The number of fused-ring (bicyclic) bond motifs is 10. The van der Waals surface area contributed by atoms with Crippen molar-refractivity contribution in [2.24, 2.45) is 23.7 Å². The third-order valence-electron chi connectivity index (χ3n) is 15.4. The van der Waals surface area contributed by atoms with Crippen molar-refractivity contribution in [3.63, 3.8) is 0 Å². The fourth-order valence-electron chi connectivity index (χ4n) is 13.5. The van der Waals surface area contributed by atoms with Crippen molar-refractivity contribution >= 4 is 49.1 Å². The second kappa shape index (κ2) is 10.7. The van der Waals surface area contributed by atoms with E-state index in [0.29, 0.717) is 0 Å². The first-order chi connectivity index (χ1) is 27.7. The Morgan fingerprint density at radius 3 is 2.23 bits per heavy atom. The highest BCUT2D eigenvalue weighted by Gasteiger charge is 2.61. The third-order valence-corrected chi connectivity index (χ3v) is 15.4. The Balaban J connectivity index is 0.914. The molecule has 1 aromatic heterocycles. The average Bonchev–Trinajstić information content (AvgIpc) is 3.77. The molecule has 2 heteroatoms. The SMILES string of the molecule is C1=C2Oc3ccc(-c4ccc5c(c4)C4(c6ccccc6-5)C5CC6CC(C5)CC4C6)c4cccc(c34)C2=CC(c2cccc3oc4c5ccccc5ccc4c23)C1. The predicted octanol–water partition coefficient (Wildman–Crippen LogP) is 14.1. The molecule has 0 amide bonds. The minimum Gasteiger partial charge on any atom is -0.456 e. The molecule has 8 aromatic rings. The summed E-state index contributed by atoms with van der Waals surface area (Å²) in [6, 6.07) is 48.0. The fraction of sp³-hybridized carbons (Fsp3) is 0.222. The summed E-state index contributed by atoms with van der Waals surface area (Å²) in [5, 5.41) is 7.27. The summed E-state index contributed by atoms with van der Waals surface area (Å²) in [6.07, 6.45) is 12.7. The van der Waals surface area contributed by atoms with Gasteiger partial charge in [0.1, 0.15) is 22.7 Å². The fourth-order valence-corrected chi connectivity index (χ4v) is 13.5. The zero-order chi connectivity index (χ0) is 36.3. The number of ether oxygens (including phenoxy) is 1. The molecule has 2 heterocycles. The highest BCUT2D eigenvalue weighted by atomic mass is 16.5. The molecular weight excluding hydrogens is 681 g/mol. The molecule has 56 heavy (non-hydrogen) atoms. The quantitative estimate of drug-likeness (QED) is 0.177. The van der Waals surface area contributed by atoms with Gasteiger partial charge in [-0.2, -0.15) is 0 Å². The summed E-state index contributed by atoms with van der Waals surface area (Å²) in [5.41, 5.74) is 14.7. The number of hydrogen-bond acceptors (Lipinski definition) is 2. The maximum absolute atomic E-state index is 6.82. The van der Waals surface area contributed by atoms with Crippen molar-refractivity contribution in [1.82, 2.24) is 0 Å². The molecule has 1 atom stereocenters. The second-order valence-corrected chi connectivity index (χ2v) is 17.9. The smallest absolute Gasteiger partial charge is 0.143 e. The molecule has 2 nitrogen and oxygen atoms in total. The summed E-state index contributed by atoms with van der Waals surface area (Å²) in [6.45, 7) is 0. The Morgan fingerprint density at radius 1 is 0.554 bits per heavy atom. The first-order valence-electron chi connectivity index (χ1n) is 20.9. The minimum atomic E-state index is 0.155. The highest BCUT2D eigenvalue weighted by Crippen LogP contribution is 2.69. The Labute approximate surface area is 326 Å². The zero-order valence-corrected chi connectivity index (χ0v) is 31.2. The minimum absolute atomic E-state index is 0.155. The van der Waals surface area contributed by atoms with Gasteiger partial charge in [0.25, 0.3) is 0 Å². The number of furan rings is 1. The Morgan fingerprint density at radius 2 is 1.32 bits per heavy atom. The summed E-state index contributed by atoms with van der Waals surface area (Å²) in [5.74, 6) is 5.51. The van der Waals surface area contributed by atoms with Crippen LogP contribution in [-0.4, -0.2) is 0 Å². The lowest BCUT2D eigenvalue weighted by molar-refractivity contribution is -0.0399. The summed E-state index contributed by atoms with van der Waals surface area (Å²) in [7, 11) is 0. The molecule has 15 rings (SSSR count). The van der Waals surface area contributed by atoms with E-state index < -0.39 is 0 Å². The number of benzene rings is 7. The number of rotatable bonds is 2. The van der Waals surface area contributed by atoms with E-state index in [1.807, 2.05) is 0 Å². The monoisotopic (exact) mass is 720 g/mol. The van der Waals surface area contributed by atoms with Crippen LogP contribution in [0, 0.1) is 23.7 Å². The zero-order valence-electron chi connectivity index (χ0n) is 31.2. The van der Waals surface area contributed by atoms with Crippen LogP contribution in [0.4, 0.5) is 0 Å². The second-order valence-electron chi connectivity index (χ2n) is 17.9. The predicted molar refractivity (Wildman–Crippen MR) is 228 cm³/mol. The van der Waals surface area contributed by atoms with E-state index in [4.69, 9.17) is 9.15 Å². The van der Waals surface area contributed by atoms with Crippen LogP contribution in [0.25, 0.3) is 71.3 Å². The van der Waals surface area contributed by atoms with Crippen LogP contribution in [0.1, 0.15) is 66.7 Å². The molecule has 0 radical (unpaired) electrons. The molecule has 268 valence electrons. The van der Waals surface area contributed by atoms with E-state index in [1.165, 1.54) is 98.0 Å². The molecule has 4 saturated carbocycles. The molecular formula is C54H40O2. The molecule has 7 aliphatic rings. The number of hydrogen-bond donors (Lipinski definition) is 0. The van der Waals surface area contributed by atoms with Crippen LogP contribution >= 0.6 is 0 Å². The molecule has 4 bridgehead atoms. The third kappa shape index (κ3) is 3.78. The molecule has 0 saturated heterocycles. The standard InChI is InChI=1S/C54H40O2/c1-2-8-39-32(7-1)15-19-44-51-38(10-6-14-49(51)56-53(39)44)33-17-21-48-45(28-33)43-12-5-11-42-37(20-22-50(55-48)52(42)43)34-16-18-41-40-9-3-4-13-46(40)54(47(41)29-34)35-24-30-23-31(26-35)27-36(54)25-30/h1-16,18-22,28-31,33,35-36H,17,23-27H2. The van der Waals surface area contributed by atoms with Crippen molar-refractivity contribution in [3.05, 3.63) is 168 Å². The highest BCUT2D eigenvalue weighted by molar-refractivity contribution is 6.16. The van der Waals surface area contributed by atoms with Gasteiger partial charge in [-0.25, -0.2) is 0 Å². The molecule has 1 spiro atoms. The van der Waals surface area contributed by atoms with Crippen molar-refractivity contribution in [3.8, 4) is 28.0 Å². The van der Waals surface area contributed by atoms with Gasteiger partial charge >= 0.3 is 0 Å². The molecule has 0 N–H and O–H groups in total. The van der Waals surface area contributed by atoms with Crippen molar-refractivity contribution < 1.29 is 9.15 Å². The van der Waals surface area contributed by atoms with Gasteiger partial charge in [0.15, 0.2) is 0 Å². The normalized spacial score (nSPS) is 26.4. The van der Waals surface area contributed by atoms with Gasteiger partial charge in [-0.15, -0.1) is 0 Å². The Bertz CT molecular complexity index is 3090. The van der Waals surface area contributed by atoms with E-state index in [2.05, 4.69) is 140 Å². The van der Waals surface area contributed by atoms with Gasteiger partial charge < -0.3 is 9.15 Å². The first kappa shape index (κ1) is 30.4. The van der Waals surface area contributed by atoms with E-state index in [1.54, 1.807) is 11.1 Å². The van der Waals surface area contributed by atoms with E-state index in [9.17, 15) is 0 Å². The lowest BCUT2D eigenvalue weighted by Gasteiger charge is -2.61. The summed E-state index contributed by atoms with van der Waals surface area (Å²) in [4.78, 5) is 0. The van der Waals surface area contributed by atoms with E-state index in [-0.39, 0.29) is 11.3 Å². The number of allylic oxidation sites excluding steroid dienone is 3. The first-order valence-corrected chi connectivity index (χ1v) is 20.9. The van der Waals surface area contributed by atoms with Gasteiger partial charge in [-0.3, -0.25) is 0 Å². The van der Waals surface area contributed by atoms with Crippen molar-refractivity contribution in [2.45, 2.75) is 49.9 Å². The summed E-state index contributed by atoms with van der Waals surface area (Å²) < 4.78 is 13.4. The molecule has 1 unspecified atom stereocenters. The summed E-state index contributed by atoms with van der Waals surface area (Å²) >= 11 is 0. The van der Waals surface area contributed by atoms with Gasteiger partial charge in [-0.1, -0.05) is 109 Å².